The fraction of sp³-hybridized carbons (Fsp3) is 0.167. The second-order valence-electron chi connectivity index (χ2n) is 5.71. The number of rotatable bonds is 6. The van der Waals surface area contributed by atoms with Crippen molar-refractivity contribution in [3.8, 4) is 0 Å². The Balaban J connectivity index is 2.15. The third-order valence-corrected chi connectivity index (χ3v) is 4.01. The number of nitrogens with one attached hydrogen (secondary N) is 2. The minimum absolute atomic E-state index is 0.0734. The number of hydrogen-bond donors (Lipinski definition) is 3. The summed E-state index contributed by atoms with van der Waals surface area (Å²) in [5, 5.41) is 4.19. The molecule has 0 aliphatic rings. The van der Waals surface area contributed by atoms with Crippen LogP contribution in [0.25, 0.3) is 0 Å². The van der Waals surface area contributed by atoms with Crippen molar-refractivity contribution in [3.63, 3.8) is 0 Å². The molecule has 0 radical (unpaired) electrons. The Hall–Kier alpha value is -3.07. The van der Waals surface area contributed by atoms with Gasteiger partial charge >= 0.3 is 12.1 Å². The van der Waals surface area contributed by atoms with Crippen molar-refractivity contribution >= 4 is 29.3 Å². The van der Waals surface area contributed by atoms with E-state index in [-0.39, 0.29) is 22.7 Å². The fourth-order valence-corrected chi connectivity index (χ4v) is 2.61. The van der Waals surface area contributed by atoms with Gasteiger partial charge in [0.05, 0.1) is 10.6 Å². The van der Waals surface area contributed by atoms with Gasteiger partial charge in [-0.1, -0.05) is 48.0 Å². The van der Waals surface area contributed by atoms with Crippen LogP contribution in [0.1, 0.15) is 27.5 Å². The summed E-state index contributed by atoms with van der Waals surface area (Å²) in [7, 11) is 0. The topological polar surface area (TPSA) is 101 Å². The average molecular weight is 414 g/mol. The van der Waals surface area contributed by atoms with E-state index in [1.54, 1.807) is 11.4 Å². The van der Waals surface area contributed by atoms with Crippen molar-refractivity contribution in [2.75, 3.05) is 0 Å². The largest absolute Gasteiger partial charge is 0.471 e. The molecule has 4 N–H and O–H groups in total. The lowest BCUT2D eigenvalue weighted by atomic mass is 10.1. The summed E-state index contributed by atoms with van der Waals surface area (Å²) >= 11 is 5.92. The van der Waals surface area contributed by atoms with Gasteiger partial charge in [0.15, 0.2) is 0 Å². The molecule has 0 saturated carbocycles. The van der Waals surface area contributed by atoms with Crippen LogP contribution in [0.15, 0.2) is 48.5 Å². The second-order valence-corrected chi connectivity index (χ2v) is 6.12. The van der Waals surface area contributed by atoms with E-state index in [0.29, 0.717) is 5.56 Å². The van der Waals surface area contributed by atoms with Crippen molar-refractivity contribution in [2.45, 2.75) is 18.8 Å². The van der Waals surface area contributed by atoms with Crippen molar-refractivity contribution in [2.24, 2.45) is 5.73 Å². The molecule has 10 heteroatoms. The molecule has 0 aliphatic carbocycles. The summed E-state index contributed by atoms with van der Waals surface area (Å²) < 4.78 is 37.8. The Labute approximate surface area is 162 Å². The van der Waals surface area contributed by atoms with E-state index in [1.165, 1.54) is 42.5 Å². The molecule has 0 saturated heterocycles. The van der Waals surface area contributed by atoms with Crippen LogP contribution in [0, 0.1) is 0 Å². The van der Waals surface area contributed by atoms with Gasteiger partial charge < -0.3 is 16.4 Å². The molecular weight excluding hydrogens is 399 g/mol. The lowest BCUT2D eigenvalue weighted by molar-refractivity contribution is -0.174. The summed E-state index contributed by atoms with van der Waals surface area (Å²) in [5.74, 6) is -3.80. The van der Waals surface area contributed by atoms with Crippen LogP contribution in [0.2, 0.25) is 5.02 Å². The van der Waals surface area contributed by atoms with E-state index < -0.39 is 29.9 Å². The maximum Gasteiger partial charge on any atom is 0.471 e. The molecular formula is C18H15ClF3N3O3. The third-order valence-electron chi connectivity index (χ3n) is 3.69. The van der Waals surface area contributed by atoms with Gasteiger partial charge in [-0.05, 0) is 23.3 Å². The van der Waals surface area contributed by atoms with Gasteiger partial charge in [0.1, 0.15) is 6.04 Å². The van der Waals surface area contributed by atoms with Gasteiger partial charge in [0.2, 0.25) is 11.8 Å². The van der Waals surface area contributed by atoms with Crippen molar-refractivity contribution in [3.05, 3.63) is 70.2 Å². The lowest BCUT2D eigenvalue weighted by Gasteiger charge is -2.20. The minimum Gasteiger partial charge on any atom is -0.366 e. The Bertz CT molecular complexity index is 889. The maximum absolute atomic E-state index is 12.6. The number of carbonyl (C=O) groups excluding carboxylic acids is 3. The summed E-state index contributed by atoms with van der Waals surface area (Å²) in [6.07, 6.45) is -5.13. The molecule has 0 heterocycles. The zero-order chi connectivity index (χ0) is 20.9. The number of carbonyl (C=O) groups is 3. The van der Waals surface area contributed by atoms with Gasteiger partial charge in [-0.25, -0.2) is 0 Å². The van der Waals surface area contributed by atoms with E-state index in [9.17, 15) is 27.6 Å². The summed E-state index contributed by atoms with van der Waals surface area (Å²) in [4.78, 5) is 34.9. The quantitative estimate of drug-likeness (QED) is 0.678. The molecule has 2 rings (SSSR count). The first-order valence-corrected chi connectivity index (χ1v) is 8.26. The van der Waals surface area contributed by atoms with E-state index >= 15 is 0 Å². The molecule has 0 bridgehead atoms. The fourth-order valence-electron chi connectivity index (χ4n) is 2.32. The van der Waals surface area contributed by atoms with E-state index in [4.69, 9.17) is 17.3 Å². The molecule has 148 valence electrons. The van der Waals surface area contributed by atoms with E-state index in [1.807, 2.05) is 0 Å². The van der Waals surface area contributed by atoms with E-state index in [2.05, 4.69) is 5.32 Å². The molecule has 0 aliphatic heterocycles. The Morgan fingerprint density at radius 1 is 1.07 bits per heavy atom. The average Bonchev–Trinajstić information content (AvgIpc) is 2.63. The van der Waals surface area contributed by atoms with Crippen molar-refractivity contribution in [1.29, 1.82) is 0 Å². The molecule has 2 aromatic carbocycles. The highest BCUT2D eigenvalue weighted by molar-refractivity contribution is 6.33. The maximum atomic E-state index is 12.6. The van der Waals surface area contributed by atoms with Crippen molar-refractivity contribution in [1.82, 2.24) is 10.6 Å². The molecule has 6 nitrogen and oxygen atoms in total. The highest BCUT2D eigenvalue weighted by Gasteiger charge is 2.41. The van der Waals surface area contributed by atoms with Crippen LogP contribution >= 0.6 is 11.6 Å². The number of hydrogen-bond acceptors (Lipinski definition) is 3. The monoisotopic (exact) mass is 413 g/mol. The third kappa shape index (κ3) is 5.46. The first-order valence-electron chi connectivity index (χ1n) is 7.88. The zero-order valence-corrected chi connectivity index (χ0v) is 15.0. The molecule has 0 fully saturated rings. The van der Waals surface area contributed by atoms with Gasteiger partial charge in [0, 0.05) is 6.54 Å². The van der Waals surface area contributed by atoms with Crippen LogP contribution in [0.3, 0.4) is 0 Å². The molecule has 28 heavy (non-hydrogen) atoms. The van der Waals surface area contributed by atoms with Crippen LogP contribution in [-0.4, -0.2) is 23.9 Å². The molecule has 2 aromatic rings. The standard InChI is InChI=1S/C18H15ClF3N3O3/c19-13-8-10(6-7-12(13)15(23)26)9-24-16(27)14(11-4-2-1-3-5-11)25-17(28)18(20,21)22/h1-8,14H,9H2,(H2,23,26)(H,24,27)(H,25,28). The number of amides is 3. The van der Waals surface area contributed by atoms with Gasteiger partial charge in [0.25, 0.3) is 0 Å². The predicted octanol–water partition coefficient (Wildman–Crippen LogP) is 2.47. The Morgan fingerprint density at radius 3 is 2.25 bits per heavy atom. The summed E-state index contributed by atoms with van der Waals surface area (Å²) in [6.45, 7) is -0.0944. The van der Waals surface area contributed by atoms with Crippen molar-refractivity contribution < 1.29 is 27.6 Å². The normalized spacial score (nSPS) is 12.1. The van der Waals surface area contributed by atoms with Crippen LogP contribution in [-0.2, 0) is 16.1 Å². The Morgan fingerprint density at radius 2 is 1.71 bits per heavy atom. The van der Waals surface area contributed by atoms with Gasteiger partial charge in [-0.3, -0.25) is 14.4 Å². The second kappa shape index (κ2) is 8.75. The van der Waals surface area contributed by atoms with Crippen LogP contribution in [0.5, 0.6) is 0 Å². The number of nitrogens with two attached hydrogens (primary N) is 1. The first kappa shape index (κ1) is 21.2. The number of alkyl halides is 3. The molecule has 3 amide bonds. The molecule has 1 unspecified atom stereocenters. The SMILES string of the molecule is NC(=O)c1ccc(CNC(=O)C(NC(=O)C(F)(F)F)c2ccccc2)cc1Cl. The smallest absolute Gasteiger partial charge is 0.366 e. The number of benzene rings is 2. The zero-order valence-electron chi connectivity index (χ0n) is 14.2. The minimum atomic E-state index is -5.13. The molecule has 1 atom stereocenters. The molecule has 0 spiro atoms. The van der Waals surface area contributed by atoms with Crippen LogP contribution < -0.4 is 16.4 Å². The highest BCUT2D eigenvalue weighted by atomic mass is 35.5. The van der Waals surface area contributed by atoms with Crippen LogP contribution in [0.4, 0.5) is 13.2 Å². The highest BCUT2D eigenvalue weighted by Crippen LogP contribution is 2.20. The molecule has 0 aromatic heterocycles. The van der Waals surface area contributed by atoms with E-state index in [0.717, 1.165) is 0 Å². The van der Waals surface area contributed by atoms with Gasteiger partial charge in [-0.15, -0.1) is 0 Å². The summed E-state index contributed by atoms with van der Waals surface area (Å²) in [6, 6.07) is 10.2. The number of halogens is 4. The first-order chi connectivity index (χ1) is 13.1. The number of primary amides is 1. The Kier molecular flexibility index (Phi) is 6.63. The van der Waals surface area contributed by atoms with Gasteiger partial charge in [-0.2, -0.15) is 13.2 Å². The predicted molar refractivity (Wildman–Crippen MR) is 95.2 cm³/mol. The lowest BCUT2D eigenvalue weighted by Crippen LogP contribution is -2.45. The summed E-state index contributed by atoms with van der Waals surface area (Å²) in [5.41, 5.74) is 5.90.